The summed E-state index contributed by atoms with van der Waals surface area (Å²) in [6.45, 7) is 1.72. The lowest BCUT2D eigenvalue weighted by molar-refractivity contribution is -0.151. The average molecular weight is 289 g/mol. The number of carboxylic acid groups (broad SMARTS) is 1. The van der Waals surface area contributed by atoms with Crippen molar-refractivity contribution in [2.45, 2.75) is 32.1 Å². The minimum absolute atomic E-state index is 0.0742. The van der Waals surface area contributed by atoms with E-state index in [9.17, 15) is 14.7 Å². The highest BCUT2D eigenvalue weighted by Crippen LogP contribution is 2.49. The summed E-state index contributed by atoms with van der Waals surface area (Å²) in [5.74, 6) is 0.106. The van der Waals surface area contributed by atoms with Gasteiger partial charge in [-0.05, 0) is 55.8 Å². The van der Waals surface area contributed by atoms with Gasteiger partial charge >= 0.3 is 5.97 Å². The normalized spacial score (nSPS) is 37.0. The standard InChI is InChI=1S/C17H23NO3/c19-16(18(8-10-1-2-10)9-11-3-4-11)14-12-5-6-13(7-12)15(14)17(20)21/h5-6,10-15H,1-4,7-9H2,(H,20,21)/t12?,13?,14-,15+/m0/s1. The van der Waals surface area contributed by atoms with Crippen LogP contribution < -0.4 is 0 Å². The molecule has 0 aromatic carbocycles. The number of carbonyl (C=O) groups excluding carboxylic acids is 1. The van der Waals surface area contributed by atoms with Gasteiger partial charge in [-0.3, -0.25) is 9.59 Å². The second-order valence-corrected chi connectivity index (χ2v) is 7.47. The first-order chi connectivity index (χ1) is 10.1. The molecule has 114 valence electrons. The molecule has 0 radical (unpaired) electrons. The zero-order valence-electron chi connectivity index (χ0n) is 12.3. The summed E-state index contributed by atoms with van der Waals surface area (Å²) in [6.07, 6.45) is 9.87. The van der Waals surface area contributed by atoms with Crippen molar-refractivity contribution in [2.24, 2.45) is 35.5 Å². The molecular formula is C17H23NO3. The van der Waals surface area contributed by atoms with Crippen molar-refractivity contribution >= 4 is 11.9 Å². The van der Waals surface area contributed by atoms with Crippen LogP contribution in [0.5, 0.6) is 0 Å². The number of aliphatic carboxylic acids is 1. The van der Waals surface area contributed by atoms with Gasteiger partial charge in [0.25, 0.3) is 0 Å². The molecule has 4 heteroatoms. The minimum atomic E-state index is -0.789. The van der Waals surface area contributed by atoms with Gasteiger partial charge in [0.15, 0.2) is 0 Å². The molecule has 4 aliphatic rings. The summed E-state index contributed by atoms with van der Waals surface area (Å²) in [4.78, 5) is 26.6. The Labute approximate surface area is 125 Å². The molecule has 4 atom stereocenters. The molecule has 1 amide bonds. The summed E-state index contributed by atoms with van der Waals surface area (Å²) >= 11 is 0. The second kappa shape index (κ2) is 4.85. The lowest BCUT2D eigenvalue weighted by atomic mass is 9.82. The van der Waals surface area contributed by atoms with Crippen LogP contribution in [0.4, 0.5) is 0 Å². The lowest BCUT2D eigenvalue weighted by Crippen LogP contribution is -2.44. The van der Waals surface area contributed by atoms with Crippen LogP contribution in [0.2, 0.25) is 0 Å². The number of carboxylic acids is 1. The van der Waals surface area contributed by atoms with E-state index in [1.54, 1.807) is 0 Å². The third-order valence-electron chi connectivity index (χ3n) is 5.69. The van der Waals surface area contributed by atoms with E-state index < -0.39 is 11.9 Å². The van der Waals surface area contributed by atoms with Gasteiger partial charge in [0, 0.05) is 13.1 Å². The minimum Gasteiger partial charge on any atom is -0.481 e. The van der Waals surface area contributed by atoms with Crippen LogP contribution in [0.15, 0.2) is 12.2 Å². The molecule has 2 unspecified atom stereocenters. The Morgan fingerprint density at radius 2 is 1.48 bits per heavy atom. The maximum Gasteiger partial charge on any atom is 0.307 e. The fourth-order valence-electron chi connectivity index (χ4n) is 4.19. The molecule has 0 aromatic rings. The molecule has 2 bridgehead atoms. The molecule has 0 aliphatic heterocycles. The smallest absolute Gasteiger partial charge is 0.307 e. The largest absolute Gasteiger partial charge is 0.481 e. The predicted octanol–water partition coefficient (Wildman–Crippen LogP) is 2.16. The topological polar surface area (TPSA) is 57.6 Å². The Balaban J connectivity index is 1.52. The van der Waals surface area contributed by atoms with E-state index in [4.69, 9.17) is 0 Å². The lowest BCUT2D eigenvalue weighted by Gasteiger charge is -2.31. The van der Waals surface area contributed by atoms with E-state index in [-0.39, 0.29) is 23.7 Å². The first-order valence-corrected chi connectivity index (χ1v) is 8.33. The summed E-state index contributed by atoms with van der Waals surface area (Å²) in [6, 6.07) is 0. The highest BCUT2D eigenvalue weighted by molar-refractivity contribution is 5.87. The van der Waals surface area contributed by atoms with Crippen LogP contribution in [0.3, 0.4) is 0 Å². The van der Waals surface area contributed by atoms with E-state index >= 15 is 0 Å². The molecule has 3 saturated carbocycles. The molecule has 0 heterocycles. The molecule has 4 nitrogen and oxygen atoms in total. The van der Waals surface area contributed by atoms with Gasteiger partial charge in [-0.25, -0.2) is 0 Å². The van der Waals surface area contributed by atoms with Crippen molar-refractivity contribution < 1.29 is 14.7 Å². The summed E-state index contributed by atoms with van der Waals surface area (Å²) in [5, 5.41) is 9.52. The van der Waals surface area contributed by atoms with E-state index in [0.717, 1.165) is 19.5 Å². The molecule has 0 spiro atoms. The van der Waals surface area contributed by atoms with E-state index in [2.05, 4.69) is 6.08 Å². The van der Waals surface area contributed by atoms with Crippen molar-refractivity contribution in [1.29, 1.82) is 0 Å². The van der Waals surface area contributed by atoms with E-state index in [1.807, 2.05) is 11.0 Å². The van der Waals surface area contributed by atoms with Gasteiger partial charge in [0.2, 0.25) is 5.91 Å². The number of nitrogens with zero attached hydrogens (tertiary/aromatic N) is 1. The zero-order valence-corrected chi connectivity index (χ0v) is 12.3. The van der Waals surface area contributed by atoms with Crippen LogP contribution in [-0.2, 0) is 9.59 Å². The predicted molar refractivity (Wildman–Crippen MR) is 77.4 cm³/mol. The third-order valence-corrected chi connectivity index (χ3v) is 5.69. The Morgan fingerprint density at radius 1 is 0.952 bits per heavy atom. The van der Waals surface area contributed by atoms with Gasteiger partial charge in [-0.2, -0.15) is 0 Å². The van der Waals surface area contributed by atoms with Gasteiger partial charge < -0.3 is 10.0 Å². The first kappa shape index (κ1) is 13.4. The molecule has 4 rings (SSSR count). The molecular weight excluding hydrogens is 266 g/mol. The molecule has 0 aromatic heterocycles. The van der Waals surface area contributed by atoms with Crippen molar-refractivity contribution in [2.75, 3.05) is 13.1 Å². The van der Waals surface area contributed by atoms with Crippen molar-refractivity contribution in [3.63, 3.8) is 0 Å². The van der Waals surface area contributed by atoms with Crippen LogP contribution in [-0.4, -0.2) is 35.0 Å². The molecule has 0 saturated heterocycles. The number of carbonyl (C=O) groups is 2. The van der Waals surface area contributed by atoms with E-state index in [0.29, 0.717) is 11.8 Å². The maximum absolute atomic E-state index is 13.0. The van der Waals surface area contributed by atoms with Crippen LogP contribution in [0.1, 0.15) is 32.1 Å². The highest BCUT2D eigenvalue weighted by Gasteiger charge is 2.53. The second-order valence-electron chi connectivity index (χ2n) is 7.47. The number of fused-ring (bicyclic) bond motifs is 2. The quantitative estimate of drug-likeness (QED) is 0.762. The van der Waals surface area contributed by atoms with Gasteiger partial charge in [0.1, 0.15) is 0 Å². The van der Waals surface area contributed by atoms with Crippen molar-refractivity contribution in [1.82, 2.24) is 4.90 Å². The molecule has 3 fully saturated rings. The maximum atomic E-state index is 13.0. The number of rotatable bonds is 6. The SMILES string of the molecule is O=C(O)[C@@H]1C2C=CC(C2)[C@@H]1C(=O)N(CC1CC1)CC1CC1. The van der Waals surface area contributed by atoms with Crippen LogP contribution >= 0.6 is 0 Å². The van der Waals surface area contributed by atoms with Crippen LogP contribution in [0, 0.1) is 35.5 Å². The van der Waals surface area contributed by atoms with Crippen LogP contribution in [0.25, 0.3) is 0 Å². The summed E-state index contributed by atoms with van der Waals surface area (Å²) < 4.78 is 0. The third kappa shape index (κ3) is 2.49. The monoisotopic (exact) mass is 289 g/mol. The molecule has 4 aliphatic carbocycles. The molecule has 1 N–H and O–H groups in total. The fourth-order valence-corrected chi connectivity index (χ4v) is 4.19. The van der Waals surface area contributed by atoms with Gasteiger partial charge in [-0.1, -0.05) is 12.2 Å². The van der Waals surface area contributed by atoms with Gasteiger partial charge in [-0.15, -0.1) is 0 Å². The zero-order chi connectivity index (χ0) is 14.6. The molecule has 21 heavy (non-hydrogen) atoms. The number of amides is 1. The first-order valence-electron chi connectivity index (χ1n) is 8.33. The number of allylic oxidation sites excluding steroid dienone is 2. The number of hydrogen-bond acceptors (Lipinski definition) is 2. The van der Waals surface area contributed by atoms with Crippen molar-refractivity contribution in [3.05, 3.63) is 12.2 Å². The average Bonchev–Trinajstić information content (AvgIpc) is 3.37. The summed E-state index contributed by atoms with van der Waals surface area (Å²) in [5.41, 5.74) is 0. The van der Waals surface area contributed by atoms with Gasteiger partial charge in [0.05, 0.1) is 11.8 Å². The Morgan fingerprint density at radius 3 is 1.95 bits per heavy atom. The fraction of sp³-hybridized carbons (Fsp3) is 0.765. The highest BCUT2D eigenvalue weighted by atomic mass is 16.4. The van der Waals surface area contributed by atoms with E-state index in [1.165, 1.54) is 25.7 Å². The Bertz CT molecular complexity index is 478. The summed E-state index contributed by atoms with van der Waals surface area (Å²) in [7, 11) is 0. The Kier molecular flexibility index (Phi) is 3.09. The Hall–Kier alpha value is -1.32. The number of hydrogen-bond donors (Lipinski definition) is 1. The van der Waals surface area contributed by atoms with Crippen molar-refractivity contribution in [3.8, 4) is 0 Å².